The summed E-state index contributed by atoms with van der Waals surface area (Å²) in [5.74, 6) is 0.436. The highest BCUT2D eigenvalue weighted by atomic mass is 14.9. The van der Waals surface area contributed by atoms with Crippen molar-refractivity contribution in [1.82, 2.24) is 10.3 Å². The molecule has 2 aromatic rings. The molecule has 0 spiro atoms. The molecule has 3 rings (SSSR count). The topological polar surface area (TPSA) is 101 Å². The first-order chi connectivity index (χ1) is 12.5. The van der Waals surface area contributed by atoms with Crippen LogP contribution >= 0.6 is 0 Å². The van der Waals surface area contributed by atoms with E-state index in [4.69, 9.17) is 16.9 Å². The molecule has 1 fully saturated rings. The number of nitrogens with two attached hydrogens (primary N) is 2. The highest BCUT2D eigenvalue weighted by Gasteiger charge is 2.27. The van der Waals surface area contributed by atoms with Crippen molar-refractivity contribution in [3.63, 3.8) is 0 Å². The molecule has 1 aromatic carbocycles. The Labute approximate surface area is 155 Å². The van der Waals surface area contributed by atoms with E-state index in [1.807, 2.05) is 30.3 Å². The van der Waals surface area contributed by atoms with E-state index in [1.165, 1.54) is 12.8 Å². The van der Waals surface area contributed by atoms with E-state index in [-0.39, 0.29) is 0 Å². The summed E-state index contributed by atoms with van der Waals surface area (Å²) < 4.78 is 0. The average molecular weight is 351 g/mol. The maximum absolute atomic E-state index is 8.69. The number of pyridine rings is 1. The van der Waals surface area contributed by atoms with Crippen LogP contribution in [0.4, 0.5) is 5.82 Å². The molecule has 0 aliphatic carbocycles. The van der Waals surface area contributed by atoms with Gasteiger partial charge in [-0.1, -0.05) is 31.2 Å². The lowest BCUT2D eigenvalue weighted by Crippen LogP contribution is -2.35. The van der Waals surface area contributed by atoms with Crippen molar-refractivity contribution < 1.29 is 0 Å². The summed E-state index contributed by atoms with van der Waals surface area (Å²) in [6.07, 6.45) is 6.16. The monoisotopic (exact) mass is 351 g/mol. The molecule has 5 nitrogen and oxygen atoms in total. The fraction of sp³-hybridized carbons (Fsp3) is 0.429. The fourth-order valence-corrected chi connectivity index (χ4v) is 3.69. The van der Waals surface area contributed by atoms with E-state index in [1.54, 1.807) is 6.20 Å². The second-order valence-corrected chi connectivity index (χ2v) is 7.57. The van der Waals surface area contributed by atoms with Gasteiger partial charge in [-0.2, -0.15) is 0 Å². The number of piperidine rings is 1. The molecular weight excluding hydrogens is 322 g/mol. The molecule has 5 heteroatoms. The second kappa shape index (κ2) is 7.98. The molecule has 138 valence electrons. The van der Waals surface area contributed by atoms with Gasteiger partial charge >= 0.3 is 0 Å². The molecule has 0 saturated carbocycles. The number of rotatable bonds is 6. The third kappa shape index (κ3) is 4.11. The van der Waals surface area contributed by atoms with Crippen LogP contribution in [0, 0.1) is 10.8 Å². The van der Waals surface area contributed by atoms with Gasteiger partial charge in [-0.15, -0.1) is 0 Å². The SMILES string of the molecule is CC1(CCc2ccnc(N)c2C(=N)c2ccc(CN)cc2)CCNCC1. The lowest BCUT2D eigenvalue weighted by atomic mass is 9.76. The number of anilines is 1. The number of nitrogens with one attached hydrogen (secondary N) is 2. The maximum Gasteiger partial charge on any atom is 0.133 e. The zero-order valence-electron chi connectivity index (χ0n) is 15.5. The Morgan fingerprint density at radius 3 is 2.54 bits per heavy atom. The largest absolute Gasteiger partial charge is 0.383 e. The minimum Gasteiger partial charge on any atom is -0.383 e. The van der Waals surface area contributed by atoms with Gasteiger partial charge in [0.25, 0.3) is 0 Å². The summed E-state index contributed by atoms with van der Waals surface area (Å²) in [6, 6.07) is 9.82. The molecule has 6 N–H and O–H groups in total. The van der Waals surface area contributed by atoms with Crippen LogP contribution < -0.4 is 16.8 Å². The fourth-order valence-electron chi connectivity index (χ4n) is 3.69. The van der Waals surface area contributed by atoms with E-state index in [0.29, 0.717) is 23.5 Å². The lowest BCUT2D eigenvalue weighted by Gasteiger charge is -2.34. The molecule has 0 unspecified atom stereocenters. The van der Waals surface area contributed by atoms with Gasteiger partial charge in [-0.3, -0.25) is 5.41 Å². The average Bonchev–Trinajstić information content (AvgIpc) is 2.67. The predicted molar refractivity (Wildman–Crippen MR) is 107 cm³/mol. The molecule has 0 radical (unpaired) electrons. The molecule has 1 saturated heterocycles. The van der Waals surface area contributed by atoms with Crippen molar-refractivity contribution in [3.8, 4) is 0 Å². The molecule has 1 aliphatic rings. The lowest BCUT2D eigenvalue weighted by molar-refractivity contribution is 0.212. The van der Waals surface area contributed by atoms with Crippen LogP contribution in [0.3, 0.4) is 0 Å². The summed E-state index contributed by atoms with van der Waals surface area (Å²) in [6.45, 7) is 5.05. The third-order valence-electron chi connectivity index (χ3n) is 5.60. The maximum atomic E-state index is 8.69. The van der Waals surface area contributed by atoms with Crippen LogP contribution in [-0.2, 0) is 13.0 Å². The molecule has 1 aromatic heterocycles. The molecule has 0 bridgehead atoms. The van der Waals surface area contributed by atoms with Gasteiger partial charge in [-0.25, -0.2) is 4.98 Å². The van der Waals surface area contributed by atoms with E-state index >= 15 is 0 Å². The Kier molecular flexibility index (Phi) is 5.69. The zero-order valence-corrected chi connectivity index (χ0v) is 15.5. The van der Waals surface area contributed by atoms with Gasteiger partial charge in [0.15, 0.2) is 0 Å². The molecule has 26 heavy (non-hydrogen) atoms. The van der Waals surface area contributed by atoms with Crippen molar-refractivity contribution in [1.29, 1.82) is 5.41 Å². The normalized spacial score (nSPS) is 16.4. The third-order valence-corrected chi connectivity index (χ3v) is 5.60. The molecule has 0 atom stereocenters. The molecule has 1 aliphatic heterocycles. The quantitative estimate of drug-likeness (QED) is 0.601. The first kappa shape index (κ1) is 18.5. The number of nitrogen functional groups attached to an aromatic ring is 1. The van der Waals surface area contributed by atoms with Crippen molar-refractivity contribution in [2.45, 2.75) is 39.2 Å². The summed E-state index contributed by atoms with van der Waals surface area (Å²) in [4.78, 5) is 4.24. The number of aromatic nitrogens is 1. The minimum atomic E-state index is 0.353. The van der Waals surface area contributed by atoms with E-state index in [9.17, 15) is 0 Å². The van der Waals surface area contributed by atoms with Crippen molar-refractivity contribution in [2.75, 3.05) is 18.8 Å². The summed E-state index contributed by atoms with van der Waals surface area (Å²) >= 11 is 0. The highest BCUT2D eigenvalue weighted by molar-refractivity contribution is 6.14. The van der Waals surface area contributed by atoms with Crippen LogP contribution in [0.1, 0.15) is 48.4 Å². The van der Waals surface area contributed by atoms with Crippen LogP contribution in [-0.4, -0.2) is 23.8 Å². The van der Waals surface area contributed by atoms with Gasteiger partial charge in [0.05, 0.1) is 5.71 Å². The smallest absolute Gasteiger partial charge is 0.133 e. The summed E-state index contributed by atoms with van der Waals surface area (Å²) in [5.41, 5.74) is 16.4. The zero-order chi connectivity index (χ0) is 18.6. The first-order valence-electron chi connectivity index (χ1n) is 9.35. The number of aryl methyl sites for hydroxylation is 1. The van der Waals surface area contributed by atoms with Crippen molar-refractivity contribution >= 4 is 11.5 Å². The highest BCUT2D eigenvalue weighted by Crippen LogP contribution is 2.34. The predicted octanol–water partition coefficient (Wildman–Crippen LogP) is 2.86. The van der Waals surface area contributed by atoms with Gasteiger partial charge < -0.3 is 16.8 Å². The van der Waals surface area contributed by atoms with E-state index in [0.717, 1.165) is 48.2 Å². The van der Waals surface area contributed by atoms with E-state index < -0.39 is 0 Å². The minimum absolute atomic E-state index is 0.353. The Morgan fingerprint density at radius 1 is 1.19 bits per heavy atom. The van der Waals surface area contributed by atoms with Crippen molar-refractivity contribution in [2.24, 2.45) is 11.1 Å². The summed E-state index contributed by atoms with van der Waals surface area (Å²) in [5, 5.41) is 12.1. The Bertz CT molecular complexity index is 760. The Morgan fingerprint density at radius 2 is 1.88 bits per heavy atom. The van der Waals surface area contributed by atoms with Crippen LogP contribution in [0.25, 0.3) is 0 Å². The molecule has 2 heterocycles. The number of hydrogen-bond acceptors (Lipinski definition) is 5. The second-order valence-electron chi connectivity index (χ2n) is 7.57. The van der Waals surface area contributed by atoms with Gasteiger partial charge in [0, 0.05) is 23.9 Å². The van der Waals surface area contributed by atoms with Crippen LogP contribution in [0.5, 0.6) is 0 Å². The number of benzene rings is 1. The van der Waals surface area contributed by atoms with E-state index in [2.05, 4.69) is 17.2 Å². The van der Waals surface area contributed by atoms with Gasteiger partial charge in [0.2, 0.25) is 0 Å². The van der Waals surface area contributed by atoms with Crippen molar-refractivity contribution in [3.05, 3.63) is 58.8 Å². The number of hydrogen-bond donors (Lipinski definition) is 4. The van der Waals surface area contributed by atoms with Gasteiger partial charge in [-0.05, 0) is 61.4 Å². The van der Waals surface area contributed by atoms with Crippen LogP contribution in [0.15, 0.2) is 36.5 Å². The standard InChI is InChI=1S/C21H29N5/c1-21(9-12-25-13-10-21)8-6-16-7-11-26-20(24)18(16)19(23)17-4-2-15(14-22)3-5-17/h2-5,7,11,23,25H,6,8-10,12-14,22H2,1H3,(H2,24,26). The first-order valence-corrected chi connectivity index (χ1v) is 9.35. The molecule has 0 amide bonds. The molecular formula is C21H29N5. The number of nitrogens with zero attached hydrogens (tertiary/aromatic N) is 1. The van der Waals surface area contributed by atoms with Gasteiger partial charge in [0.1, 0.15) is 5.82 Å². The Balaban J connectivity index is 1.83. The summed E-state index contributed by atoms with van der Waals surface area (Å²) in [7, 11) is 0. The van der Waals surface area contributed by atoms with Crippen LogP contribution in [0.2, 0.25) is 0 Å². The Hall–Kier alpha value is -2.24.